The van der Waals surface area contributed by atoms with Crippen LogP contribution in [0.5, 0.6) is 0 Å². The third kappa shape index (κ3) is 2.10. The van der Waals surface area contributed by atoms with E-state index in [1.54, 1.807) is 0 Å². The second-order valence-electron chi connectivity index (χ2n) is 9.31. The van der Waals surface area contributed by atoms with Gasteiger partial charge >= 0.3 is 0 Å². The molecule has 0 aromatic carbocycles. The largest absolute Gasteiger partial charge is 0.380 e. The zero-order chi connectivity index (χ0) is 17.1. The average molecular weight is 326 g/mol. The minimum atomic E-state index is -0.585. The maximum absolute atomic E-state index is 11.9. The van der Waals surface area contributed by atoms with Crippen LogP contribution in [0.3, 0.4) is 0 Å². The molecular formula is C22H30O2. The summed E-state index contributed by atoms with van der Waals surface area (Å²) in [6.07, 6.45) is 15.7. The summed E-state index contributed by atoms with van der Waals surface area (Å²) in [6.45, 7) is 4.82. The highest BCUT2D eigenvalue weighted by Gasteiger charge is 2.59. The monoisotopic (exact) mass is 326 g/mol. The lowest BCUT2D eigenvalue weighted by Crippen LogP contribution is -2.51. The summed E-state index contributed by atoms with van der Waals surface area (Å²) in [7, 11) is 0. The Kier molecular flexibility index (Phi) is 3.73. The fourth-order valence-corrected chi connectivity index (χ4v) is 7.23. The lowest BCUT2D eigenvalue weighted by molar-refractivity contribution is -0.117. The molecule has 0 amide bonds. The van der Waals surface area contributed by atoms with Crippen molar-refractivity contribution >= 4 is 5.78 Å². The Morgan fingerprint density at radius 1 is 1.17 bits per heavy atom. The van der Waals surface area contributed by atoms with Crippen molar-refractivity contribution in [3.05, 3.63) is 11.6 Å². The second kappa shape index (κ2) is 5.46. The quantitative estimate of drug-likeness (QED) is 0.736. The molecule has 7 unspecified atom stereocenters. The smallest absolute Gasteiger partial charge is 0.155 e. The summed E-state index contributed by atoms with van der Waals surface area (Å²) in [4.78, 5) is 11.9. The highest BCUT2D eigenvalue weighted by Crippen LogP contribution is 2.66. The van der Waals surface area contributed by atoms with Crippen molar-refractivity contribution in [1.82, 2.24) is 0 Å². The minimum absolute atomic E-state index is 0.203. The fourth-order valence-electron chi connectivity index (χ4n) is 7.23. The number of carbonyl (C=O) groups is 1. The molecule has 3 fully saturated rings. The first-order chi connectivity index (χ1) is 11.4. The molecule has 2 heteroatoms. The summed E-state index contributed by atoms with van der Waals surface area (Å²) >= 11 is 0. The average Bonchev–Trinajstić information content (AvgIpc) is 2.92. The molecule has 4 aliphatic carbocycles. The van der Waals surface area contributed by atoms with Gasteiger partial charge in [-0.15, -0.1) is 6.42 Å². The number of fused-ring (bicyclic) bond motifs is 5. The predicted molar refractivity (Wildman–Crippen MR) is 95.0 cm³/mol. The van der Waals surface area contributed by atoms with Crippen LogP contribution in [0.25, 0.3) is 0 Å². The molecule has 0 saturated heterocycles. The molecule has 0 bridgehead atoms. The summed E-state index contributed by atoms with van der Waals surface area (Å²) in [6, 6.07) is 0. The molecule has 2 nitrogen and oxygen atoms in total. The molecule has 0 aliphatic heterocycles. The number of carbonyl (C=O) groups excluding carboxylic acids is 1. The third-order valence-electron chi connectivity index (χ3n) is 8.59. The highest BCUT2D eigenvalue weighted by molar-refractivity contribution is 5.91. The van der Waals surface area contributed by atoms with Gasteiger partial charge in [-0.25, -0.2) is 0 Å². The van der Waals surface area contributed by atoms with Crippen LogP contribution in [0.1, 0.15) is 65.2 Å². The third-order valence-corrected chi connectivity index (χ3v) is 8.59. The van der Waals surface area contributed by atoms with E-state index in [1.807, 2.05) is 6.08 Å². The summed E-state index contributed by atoms with van der Waals surface area (Å²) in [5.41, 5.74) is 1.87. The highest BCUT2D eigenvalue weighted by atomic mass is 16.3. The second-order valence-corrected chi connectivity index (χ2v) is 9.31. The molecule has 24 heavy (non-hydrogen) atoms. The van der Waals surface area contributed by atoms with E-state index in [0.717, 1.165) is 31.6 Å². The van der Waals surface area contributed by atoms with Crippen LogP contribution >= 0.6 is 0 Å². The molecule has 0 spiro atoms. The van der Waals surface area contributed by atoms with Crippen molar-refractivity contribution in [3.8, 4) is 12.3 Å². The van der Waals surface area contributed by atoms with Crippen LogP contribution in [0.15, 0.2) is 11.6 Å². The van der Waals surface area contributed by atoms with Crippen LogP contribution in [-0.4, -0.2) is 17.0 Å². The van der Waals surface area contributed by atoms with Gasteiger partial charge in [0.2, 0.25) is 0 Å². The van der Waals surface area contributed by atoms with Gasteiger partial charge in [0, 0.05) is 12.3 Å². The normalized spacial score (nSPS) is 48.6. The number of aliphatic hydroxyl groups excluding tert-OH is 1. The fraction of sp³-hybridized carbons (Fsp3) is 0.773. The first-order valence-corrected chi connectivity index (χ1v) is 9.78. The zero-order valence-corrected chi connectivity index (χ0v) is 15.1. The molecule has 3 saturated carbocycles. The Hall–Kier alpha value is -1.07. The molecule has 0 radical (unpaired) electrons. The maximum Gasteiger partial charge on any atom is 0.155 e. The first kappa shape index (κ1) is 16.4. The van der Waals surface area contributed by atoms with Gasteiger partial charge in [0.1, 0.15) is 6.10 Å². The number of hydrogen-bond donors (Lipinski definition) is 1. The van der Waals surface area contributed by atoms with E-state index in [0.29, 0.717) is 17.6 Å². The zero-order valence-electron chi connectivity index (χ0n) is 15.1. The van der Waals surface area contributed by atoms with Crippen LogP contribution in [0.2, 0.25) is 0 Å². The van der Waals surface area contributed by atoms with E-state index in [1.165, 1.54) is 31.3 Å². The van der Waals surface area contributed by atoms with Crippen molar-refractivity contribution in [2.75, 3.05) is 0 Å². The van der Waals surface area contributed by atoms with Crippen molar-refractivity contribution in [3.63, 3.8) is 0 Å². The number of hydrogen-bond acceptors (Lipinski definition) is 2. The summed E-state index contributed by atoms with van der Waals surface area (Å²) < 4.78 is 0. The van der Waals surface area contributed by atoms with Gasteiger partial charge in [-0.3, -0.25) is 4.79 Å². The van der Waals surface area contributed by atoms with Gasteiger partial charge < -0.3 is 5.11 Å². The standard InChI is InChI=1S/C22H30O2/c1-4-20(24)19-8-7-17-16-6-5-14-13-15(23)9-11-21(14,2)18(16)10-12-22(17,19)3/h1,13,16-20,24H,5-12H2,2-3H3. The molecule has 130 valence electrons. The molecule has 0 aromatic heterocycles. The van der Waals surface area contributed by atoms with E-state index in [4.69, 9.17) is 6.42 Å². The van der Waals surface area contributed by atoms with Crippen LogP contribution in [0, 0.1) is 46.8 Å². The van der Waals surface area contributed by atoms with Gasteiger partial charge in [-0.2, -0.15) is 0 Å². The van der Waals surface area contributed by atoms with Crippen LogP contribution < -0.4 is 0 Å². The van der Waals surface area contributed by atoms with E-state index in [-0.39, 0.29) is 16.7 Å². The van der Waals surface area contributed by atoms with Crippen molar-refractivity contribution in [2.45, 2.75) is 71.3 Å². The van der Waals surface area contributed by atoms with Gasteiger partial charge in [-0.05, 0) is 79.6 Å². The molecule has 4 rings (SSSR count). The number of ketones is 1. The lowest BCUT2D eigenvalue weighted by Gasteiger charge is -2.58. The topological polar surface area (TPSA) is 37.3 Å². The Balaban J connectivity index is 1.65. The molecule has 1 N–H and O–H groups in total. The molecule has 7 atom stereocenters. The Labute approximate surface area is 146 Å². The summed E-state index contributed by atoms with van der Waals surface area (Å²) in [5.74, 6) is 5.36. The molecule has 4 aliphatic rings. The molecule has 0 aromatic rings. The number of allylic oxidation sites excluding steroid dienone is 1. The van der Waals surface area contributed by atoms with Gasteiger partial charge in [0.05, 0.1) is 0 Å². The van der Waals surface area contributed by atoms with Crippen molar-refractivity contribution in [2.24, 2.45) is 34.5 Å². The van der Waals surface area contributed by atoms with Gasteiger partial charge in [0.15, 0.2) is 5.78 Å². The summed E-state index contributed by atoms with van der Waals surface area (Å²) in [5, 5.41) is 10.3. The lowest BCUT2D eigenvalue weighted by atomic mass is 9.46. The van der Waals surface area contributed by atoms with Gasteiger partial charge in [-0.1, -0.05) is 25.3 Å². The number of rotatable bonds is 1. The van der Waals surface area contributed by atoms with E-state index in [2.05, 4.69) is 19.8 Å². The SMILES string of the molecule is C#CC(O)C1CCC2C3CCC4=CC(=O)CCC4(C)C3CCC12C. The van der Waals surface area contributed by atoms with E-state index < -0.39 is 6.10 Å². The number of aliphatic hydroxyl groups is 1. The minimum Gasteiger partial charge on any atom is -0.380 e. The van der Waals surface area contributed by atoms with E-state index in [9.17, 15) is 9.90 Å². The van der Waals surface area contributed by atoms with Gasteiger partial charge in [0.25, 0.3) is 0 Å². The van der Waals surface area contributed by atoms with Crippen molar-refractivity contribution in [1.29, 1.82) is 0 Å². The predicted octanol–water partition coefficient (Wildman–Crippen LogP) is 4.13. The first-order valence-electron chi connectivity index (χ1n) is 9.78. The Morgan fingerprint density at radius 2 is 1.96 bits per heavy atom. The Morgan fingerprint density at radius 3 is 2.71 bits per heavy atom. The maximum atomic E-state index is 11.9. The van der Waals surface area contributed by atoms with Crippen LogP contribution in [0.4, 0.5) is 0 Å². The number of terminal acetylenes is 1. The Bertz CT molecular complexity index is 626. The van der Waals surface area contributed by atoms with Crippen molar-refractivity contribution < 1.29 is 9.90 Å². The molecular weight excluding hydrogens is 296 g/mol. The molecule has 0 heterocycles. The van der Waals surface area contributed by atoms with Crippen LogP contribution in [-0.2, 0) is 4.79 Å². The van der Waals surface area contributed by atoms with E-state index >= 15 is 0 Å².